The molecule has 2 atom stereocenters. The Balaban J connectivity index is 1.70. The zero-order valence-electron chi connectivity index (χ0n) is 15.7. The van der Waals surface area contributed by atoms with Gasteiger partial charge in [-0.3, -0.25) is 4.79 Å². The number of carbonyl (C=O) groups is 1. The quantitative estimate of drug-likeness (QED) is 0.803. The van der Waals surface area contributed by atoms with E-state index in [4.69, 9.17) is 9.15 Å². The van der Waals surface area contributed by atoms with Crippen LogP contribution >= 0.6 is 0 Å². The zero-order chi connectivity index (χ0) is 18.4. The van der Waals surface area contributed by atoms with E-state index >= 15 is 0 Å². The number of benzene rings is 1. The summed E-state index contributed by atoms with van der Waals surface area (Å²) in [5.41, 5.74) is 1.23. The molecule has 1 fully saturated rings. The fourth-order valence-corrected chi connectivity index (χ4v) is 3.86. The Bertz CT molecular complexity index is 681. The lowest BCUT2D eigenvalue weighted by Gasteiger charge is -2.42. The van der Waals surface area contributed by atoms with E-state index in [1.165, 1.54) is 5.56 Å². The third-order valence-electron chi connectivity index (χ3n) is 5.34. The number of nitrogens with one attached hydrogen (secondary N) is 1. The largest absolute Gasteiger partial charge is 0.467 e. The molecule has 0 spiro atoms. The number of ether oxygens (including phenoxy) is 1. The highest BCUT2D eigenvalue weighted by Crippen LogP contribution is 2.41. The van der Waals surface area contributed by atoms with Crippen LogP contribution in [-0.2, 0) is 22.5 Å². The number of carbonyl (C=O) groups excluding carboxylic acids is 1. The van der Waals surface area contributed by atoms with E-state index in [1.807, 2.05) is 18.2 Å². The molecule has 1 N–H and O–H groups in total. The molecule has 0 aliphatic carbocycles. The highest BCUT2D eigenvalue weighted by atomic mass is 16.5. The molecule has 1 aromatic heterocycles. The lowest BCUT2D eigenvalue weighted by atomic mass is 9.69. The molecule has 0 saturated carbocycles. The summed E-state index contributed by atoms with van der Waals surface area (Å²) in [6.07, 6.45) is 5.12. The molecule has 0 radical (unpaired) electrons. The Morgan fingerprint density at radius 3 is 2.73 bits per heavy atom. The van der Waals surface area contributed by atoms with Crippen molar-refractivity contribution >= 4 is 5.91 Å². The third-order valence-corrected chi connectivity index (χ3v) is 5.34. The summed E-state index contributed by atoms with van der Waals surface area (Å²) in [5.74, 6) is 1.32. The second kappa shape index (κ2) is 8.54. The van der Waals surface area contributed by atoms with Gasteiger partial charge >= 0.3 is 0 Å². The molecule has 3 rings (SSSR count). The molecule has 0 bridgehead atoms. The molecule has 1 saturated heterocycles. The van der Waals surface area contributed by atoms with Crippen molar-refractivity contribution in [2.24, 2.45) is 11.3 Å². The van der Waals surface area contributed by atoms with Crippen LogP contribution < -0.4 is 5.32 Å². The molecule has 1 amide bonds. The highest BCUT2D eigenvalue weighted by Gasteiger charge is 2.39. The van der Waals surface area contributed by atoms with Crippen LogP contribution in [0.5, 0.6) is 0 Å². The average Bonchev–Trinajstić information content (AvgIpc) is 3.14. The summed E-state index contributed by atoms with van der Waals surface area (Å²) in [7, 11) is 0. The Hall–Kier alpha value is -2.07. The molecule has 2 unspecified atom stereocenters. The Morgan fingerprint density at radius 1 is 1.23 bits per heavy atom. The van der Waals surface area contributed by atoms with Gasteiger partial charge in [-0.25, -0.2) is 0 Å². The molecule has 1 aliphatic rings. The Morgan fingerprint density at radius 2 is 2.04 bits per heavy atom. The summed E-state index contributed by atoms with van der Waals surface area (Å²) in [6, 6.07) is 14.2. The van der Waals surface area contributed by atoms with Crippen molar-refractivity contribution < 1.29 is 13.9 Å². The van der Waals surface area contributed by atoms with Crippen LogP contribution in [-0.4, -0.2) is 18.6 Å². The molecule has 26 heavy (non-hydrogen) atoms. The average molecular weight is 355 g/mol. The molecule has 140 valence electrons. The van der Waals surface area contributed by atoms with Gasteiger partial charge in [0.15, 0.2) is 0 Å². The van der Waals surface area contributed by atoms with Gasteiger partial charge in [0.1, 0.15) is 5.76 Å². The molecule has 2 aromatic rings. The van der Waals surface area contributed by atoms with Crippen molar-refractivity contribution in [2.75, 3.05) is 6.61 Å². The van der Waals surface area contributed by atoms with Gasteiger partial charge in [-0.15, -0.1) is 0 Å². The van der Waals surface area contributed by atoms with Crippen molar-refractivity contribution in [2.45, 2.75) is 52.2 Å². The second-order valence-electron chi connectivity index (χ2n) is 7.80. The summed E-state index contributed by atoms with van der Waals surface area (Å²) in [6.45, 7) is 5.55. The summed E-state index contributed by atoms with van der Waals surface area (Å²) < 4.78 is 11.3. The first-order valence-corrected chi connectivity index (χ1v) is 9.51. The van der Waals surface area contributed by atoms with Gasteiger partial charge in [-0.2, -0.15) is 0 Å². The normalized spacial score (nSPS) is 23.1. The van der Waals surface area contributed by atoms with E-state index in [0.717, 1.165) is 31.6 Å². The van der Waals surface area contributed by atoms with Crippen molar-refractivity contribution in [3.63, 3.8) is 0 Å². The number of amides is 1. The maximum Gasteiger partial charge on any atom is 0.220 e. The molecule has 1 aromatic carbocycles. The standard InChI is InChI=1S/C22H29NO3/c1-17(2)20-14-22(10-12-26-20,13-18-7-4-3-5-8-18)15-21(24)23-16-19-9-6-11-25-19/h3-9,11,17,20H,10,12-16H2,1-2H3,(H,23,24). The van der Waals surface area contributed by atoms with Gasteiger partial charge in [-0.1, -0.05) is 44.2 Å². The first kappa shape index (κ1) is 18.7. The fourth-order valence-electron chi connectivity index (χ4n) is 3.86. The van der Waals surface area contributed by atoms with E-state index in [0.29, 0.717) is 18.9 Å². The fraction of sp³-hybridized carbons (Fsp3) is 0.500. The van der Waals surface area contributed by atoms with E-state index in [1.54, 1.807) is 6.26 Å². The summed E-state index contributed by atoms with van der Waals surface area (Å²) >= 11 is 0. The Labute approximate surface area is 155 Å². The van der Waals surface area contributed by atoms with Gasteiger partial charge in [-0.05, 0) is 48.3 Å². The van der Waals surface area contributed by atoms with E-state index in [9.17, 15) is 4.79 Å². The van der Waals surface area contributed by atoms with Crippen LogP contribution in [0.3, 0.4) is 0 Å². The third kappa shape index (κ3) is 4.98. The smallest absolute Gasteiger partial charge is 0.220 e. The minimum absolute atomic E-state index is 0.0538. The van der Waals surface area contributed by atoms with Crippen molar-refractivity contribution in [3.05, 3.63) is 60.1 Å². The Kier molecular flexibility index (Phi) is 6.15. The van der Waals surface area contributed by atoms with Gasteiger partial charge in [0, 0.05) is 13.0 Å². The monoisotopic (exact) mass is 355 g/mol. The SMILES string of the molecule is CC(C)C1CC(CC(=O)NCc2ccco2)(Cc2ccccc2)CCO1. The first-order valence-electron chi connectivity index (χ1n) is 9.51. The van der Waals surface area contributed by atoms with Gasteiger partial charge in [0.05, 0.1) is 18.9 Å². The van der Waals surface area contributed by atoms with Gasteiger partial charge in [0.2, 0.25) is 5.91 Å². The highest BCUT2D eigenvalue weighted by molar-refractivity contribution is 5.76. The lowest BCUT2D eigenvalue weighted by Crippen LogP contribution is -2.42. The molecule has 2 heterocycles. The molecular weight excluding hydrogens is 326 g/mol. The van der Waals surface area contributed by atoms with Crippen LogP contribution in [0.4, 0.5) is 0 Å². The van der Waals surface area contributed by atoms with Gasteiger partial charge < -0.3 is 14.5 Å². The van der Waals surface area contributed by atoms with E-state index in [2.05, 4.69) is 43.4 Å². The second-order valence-corrected chi connectivity index (χ2v) is 7.80. The van der Waals surface area contributed by atoms with Crippen LogP contribution in [0.15, 0.2) is 53.1 Å². The number of hydrogen-bond donors (Lipinski definition) is 1. The van der Waals surface area contributed by atoms with E-state index < -0.39 is 0 Å². The van der Waals surface area contributed by atoms with Crippen LogP contribution in [0.25, 0.3) is 0 Å². The van der Waals surface area contributed by atoms with Crippen molar-refractivity contribution in [1.29, 1.82) is 0 Å². The molecular formula is C22H29NO3. The predicted molar refractivity (Wildman–Crippen MR) is 102 cm³/mol. The minimum atomic E-state index is -0.0538. The van der Waals surface area contributed by atoms with Crippen molar-refractivity contribution in [1.82, 2.24) is 5.32 Å². The molecule has 4 heteroatoms. The number of rotatable bonds is 7. The van der Waals surface area contributed by atoms with Crippen LogP contribution in [0.2, 0.25) is 0 Å². The molecule has 1 aliphatic heterocycles. The molecule has 4 nitrogen and oxygen atoms in total. The first-order chi connectivity index (χ1) is 12.6. The van der Waals surface area contributed by atoms with E-state index in [-0.39, 0.29) is 17.4 Å². The number of hydrogen-bond acceptors (Lipinski definition) is 3. The lowest BCUT2D eigenvalue weighted by molar-refractivity contribution is -0.128. The predicted octanol–water partition coefficient (Wildman–Crippen LogP) is 4.35. The van der Waals surface area contributed by atoms with Crippen LogP contribution in [0, 0.1) is 11.3 Å². The summed E-state index contributed by atoms with van der Waals surface area (Å²) in [5, 5.41) is 3.01. The minimum Gasteiger partial charge on any atom is -0.467 e. The van der Waals surface area contributed by atoms with Crippen LogP contribution in [0.1, 0.15) is 44.4 Å². The topological polar surface area (TPSA) is 51.5 Å². The van der Waals surface area contributed by atoms with Crippen molar-refractivity contribution in [3.8, 4) is 0 Å². The maximum absolute atomic E-state index is 12.7. The zero-order valence-corrected chi connectivity index (χ0v) is 15.7. The summed E-state index contributed by atoms with van der Waals surface area (Å²) in [4.78, 5) is 12.7. The maximum atomic E-state index is 12.7. The van der Waals surface area contributed by atoms with Gasteiger partial charge in [0.25, 0.3) is 0 Å². The number of furan rings is 1.